The second-order valence-electron chi connectivity index (χ2n) is 3.82. The first-order chi connectivity index (χ1) is 8.49. The van der Waals surface area contributed by atoms with Crippen LogP contribution in [0.25, 0.3) is 0 Å². The Labute approximate surface area is 104 Å². The molecule has 0 aromatic carbocycles. The maximum atomic E-state index is 11.1. The van der Waals surface area contributed by atoms with Crippen molar-refractivity contribution < 1.29 is 9.59 Å². The Bertz CT molecular complexity index is 483. The summed E-state index contributed by atoms with van der Waals surface area (Å²) in [6, 6.07) is 2.35. The lowest BCUT2D eigenvalue weighted by molar-refractivity contribution is -0.119. The van der Waals surface area contributed by atoms with Gasteiger partial charge < -0.3 is 16.0 Å². The summed E-state index contributed by atoms with van der Waals surface area (Å²) in [5.74, 6) is -0.437. The normalized spacial score (nSPS) is 11.8. The van der Waals surface area contributed by atoms with Crippen LogP contribution in [0.1, 0.15) is 24.9 Å². The molecule has 1 atom stereocenters. The van der Waals surface area contributed by atoms with Crippen LogP contribution in [0.5, 0.6) is 0 Å². The summed E-state index contributed by atoms with van der Waals surface area (Å²) < 4.78 is 0. The van der Waals surface area contributed by atoms with Gasteiger partial charge in [0.2, 0.25) is 11.5 Å². The number of H-pyrrole nitrogens is 1. The molecule has 0 saturated heterocycles. The van der Waals surface area contributed by atoms with E-state index in [1.54, 1.807) is 12.3 Å². The second kappa shape index (κ2) is 6.55. The van der Waals surface area contributed by atoms with Crippen LogP contribution in [0.4, 0.5) is 4.79 Å². The third kappa shape index (κ3) is 4.79. The van der Waals surface area contributed by atoms with Gasteiger partial charge in [-0.2, -0.15) is 0 Å². The van der Waals surface area contributed by atoms with Gasteiger partial charge in [0.15, 0.2) is 0 Å². The van der Waals surface area contributed by atoms with E-state index in [-0.39, 0.29) is 18.0 Å². The third-order valence-electron chi connectivity index (χ3n) is 2.36. The van der Waals surface area contributed by atoms with E-state index < -0.39 is 11.9 Å². The number of carbonyl (C=O) groups is 2. The van der Waals surface area contributed by atoms with Crippen molar-refractivity contribution in [3.8, 4) is 0 Å². The van der Waals surface area contributed by atoms with Crippen LogP contribution >= 0.6 is 0 Å². The molecule has 0 saturated carbocycles. The van der Waals surface area contributed by atoms with E-state index in [1.807, 2.05) is 12.2 Å². The number of urea groups is 1. The molecule has 0 aliphatic rings. The highest BCUT2D eigenvalue weighted by Gasteiger charge is 2.07. The van der Waals surface area contributed by atoms with Crippen molar-refractivity contribution in [2.24, 2.45) is 5.73 Å². The number of aromatic nitrogens is 1. The molecule has 0 fully saturated rings. The molecule has 98 valence electrons. The van der Waals surface area contributed by atoms with E-state index in [2.05, 4.69) is 10.3 Å². The highest BCUT2D eigenvalue weighted by molar-refractivity contribution is 5.93. The molecule has 0 aliphatic carbocycles. The number of nitrogens with two attached hydrogens (primary N) is 1. The van der Waals surface area contributed by atoms with Crippen LogP contribution < -0.4 is 21.9 Å². The van der Waals surface area contributed by atoms with Crippen molar-refractivity contribution in [3.05, 3.63) is 34.2 Å². The van der Waals surface area contributed by atoms with Gasteiger partial charge in [-0.25, -0.2) is 4.79 Å². The Balaban J connectivity index is 2.38. The second-order valence-corrected chi connectivity index (χ2v) is 3.82. The summed E-state index contributed by atoms with van der Waals surface area (Å²) in [5, 5.41) is 5.03. The number of primary amides is 1. The van der Waals surface area contributed by atoms with Crippen LogP contribution in [0, 0.1) is 0 Å². The molecule has 1 aromatic rings. The lowest BCUT2D eigenvalue weighted by Gasteiger charge is -2.13. The molecule has 0 spiro atoms. The molecular weight excluding hydrogens is 236 g/mol. The molecule has 3 amide bonds. The van der Waals surface area contributed by atoms with Gasteiger partial charge in [-0.15, -0.1) is 0 Å². The van der Waals surface area contributed by atoms with Gasteiger partial charge in [0.05, 0.1) is 0 Å². The summed E-state index contributed by atoms with van der Waals surface area (Å²) in [5.41, 5.74) is 5.46. The third-order valence-corrected chi connectivity index (χ3v) is 2.36. The van der Waals surface area contributed by atoms with Gasteiger partial charge in [0.1, 0.15) is 0 Å². The maximum Gasteiger partial charge on any atom is 0.318 e. The molecule has 0 radical (unpaired) electrons. The minimum Gasteiger partial charge on any atom is -0.351 e. The van der Waals surface area contributed by atoms with Crippen molar-refractivity contribution in [1.82, 2.24) is 15.6 Å². The summed E-state index contributed by atoms with van der Waals surface area (Å²) in [6.45, 7) is 2.26. The summed E-state index contributed by atoms with van der Waals surface area (Å²) in [4.78, 5) is 35.1. The van der Waals surface area contributed by atoms with E-state index in [9.17, 15) is 14.4 Å². The fourth-order valence-electron chi connectivity index (χ4n) is 1.45. The predicted octanol–water partition coefficient (Wildman–Crippen LogP) is -0.389. The monoisotopic (exact) mass is 252 g/mol. The Hall–Kier alpha value is -2.15. The van der Waals surface area contributed by atoms with Gasteiger partial charge in [-0.3, -0.25) is 14.9 Å². The largest absolute Gasteiger partial charge is 0.351 e. The van der Waals surface area contributed by atoms with Crippen molar-refractivity contribution in [3.63, 3.8) is 0 Å². The number of hydrogen-bond acceptors (Lipinski definition) is 4. The number of carbonyl (C=O) groups excluding carboxylic acids is 2. The first-order valence-electron chi connectivity index (χ1n) is 5.50. The lowest BCUT2D eigenvalue weighted by Crippen LogP contribution is -2.36. The first kappa shape index (κ1) is 13.9. The van der Waals surface area contributed by atoms with Crippen LogP contribution in [-0.2, 0) is 4.79 Å². The SMILES string of the molecule is CC(NCCC(=O)NC(N)=O)c1cc[nH]c(=O)c1. The maximum absolute atomic E-state index is 11.1. The summed E-state index contributed by atoms with van der Waals surface area (Å²) >= 11 is 0. The molecule has 1 unspecified atom stereocenters. The Morgan fingerprint density at radius 2 is 2.22 bits per heavy atom. The standard InChI is InChI=1S/C11H16N4O3/c1-7(8-2-4-14-10(17)6-8)13-5-3-9(16)15-11(12)18/h2,4,6-7,13H,3,5H2,1H3,(H,14,17)(H3,12,15,16,18). The Morgan fingerprint density at radius 1 is 1.50 bits per heavy atom. The molecule has 1 aromatic heterocycles. The minimum atomic E-state index is -0.859. The first-order valence-corrected chi connectivity index (χ1v) is 5.50. The van der Waals surface area contributed by atoms with Gasteiger partial charge in [0, 0.05) is 31.3 Å². The average molecular weight is 252 g/mol. The van der Waals surface area contributed by atoms with Crippen molar-refractivity contribution >= 4 is 11.9 Å². The summed E-state index contributed by atoms with van der Waals surface area (Å²) in [6.07, 6.45) is 1.70. The van der Waals surface area contributed by atoms with Crippen molar-refractivity contribution in [2.45, 2.75) is 19.4 Å². The van der Waals surface area contributed by atoms with Gasteiger partial charge >= 0.3 is 6.03 Å². The fourth-order valence-corrected chi connectivity index (χ4v) is 1.45. The molecule has 0 aliphatic heterocycles. The van der Waals surface area contributed by atoms with Crippen LogP contribution in [0.3, 0.4) is 0 Å². The fraction of sp³-hybridized carbons (Fsp3) is 0.364. The Kier molecular flexibility index (Phi) is 5.06. The predicted molar refractivity (Wildman–Crippen MR) is 65.8 cm³/mol. The zero-order valence-electron chi connectivity index (χ0n) is 10.0. The molecule has 0 bridgehead atoms. The van der Waals surface area contributed by atoms with E-state index in [4.69, 9.17) is 5.73 Å². The molecule has 7 nitrogen and oxygen atoms in total. The van der Waals surface area contributed by atoms with E-state index in [0.29, 0.717) is 6.54 Å². The van der Waals surface area contributed by atoms with Gasteiger partial charge in [0.25, 0.3) is 0 Å². The van der Waals surface area contributed by atoms with Gasteiger partial charge in [-0.05, 0) is 18.6 Å². The number of imide groups is 1. The van der Waals surface area contributed by atoms with Crippen LogP contribution in [0.2, 0.25) is 0 Å². The smallest absolute Gasteiger partial charge is 0.318 e. The van der Waals surface area contributed by atoms with E-state index in [0.717, 1.165) is 5.56 Å². The topological polar surface area (TPSA) is 117 Å². The highest BCUT2D eigenvalue weighted by Crippen LogP contribution is 2.07. The number of aromatic amines is 1. The average Bonchev–Trinajstić information content (AvgIpc) is 2.27. The molecule has 1 heterocycles. The molecule has 5 N–H and O–H groups in total. The molecular formula is C11H16N4O3. The van der Waals surface area contributed by atoms with Gasteiger partial charge in [-0.1, -0.05) is 0 Å². The lowest BCUT2D eigenvalue weighted by atomic mass is 10.1. The zero-order valence-corrected chi connectivity index (χ0v) is 10.0. The molecule has 7 heteroatoms. The van der Waals surface area contributed by atoms with Crippen LogP contribution in [0.15, 0.2) is 23.1 Å². The zero-order chi connectivity index (χ0) is 13.5. The molecule has 1 rings (SSSR count). The number of hydrogen-bond donors (Lipinski definition) is 4. The van der Waals surface area contributed by atoms with Crippen LogP contribution in [-0.4, -0.2) is 23.5 Å². The highest BCUT2D eigenvalue weighted by atomic mass is 16.2. The molecule has 18 heavy (non-hydrogen) atoms. The minimum absolute atomic E-state index is 0.0614. The quantitative estimate of drug-likeness (QED) is 0.571. The van der Waals surface area contributed by atoms with Crippen molar-refractivity contribution in [1.29, 1.82) is 0 Å². The number of pyridine rings is 1. The van der Waals surface area contributed by atoms with Crippen molar-refractivity contribution in [2.75, 3.05) is 6.54 Å². The van der Waals surface area contributed by atoms with E-state index >= 15 is 0 Å². The Morgan fingerprint density at radius 3 is 2.83 bits per heavy atom. The van der Waals surface area contributed by atoms with E-state index in [1.165, 1.54) is 6.07 Å². The summed E-state index contributed by atoms with van der Waals surface area (Å²) in [7, 11) is 0. The number of amides is 3. The number of nitrogens with one attached hydrogen (secondary N) is 3. The number of rotatable bonds is 5.